The summed E-state index contributed by atoms with van der Waals surface area (Å²) in [5, 5.41) is 11.0. The first-order valence-electron chi connectivity index (χ1n) is 6.68. The number of nitro benzene ring substituents is 1. The second-order valence-corrected chi connectivity index (χ2v) is 6.90. The number of hydrogen-bond donors (Lipinski definition) is 1. The lowest BCUT2D eigenvalue weighted by Gasteiger charge is -2.12. The normalized spacial score (nSPS) is 18.9. The fraction of sp³-hybridized carbons (Fsp3) is 0.538. The number of nitrogens with zero attached hydrogens (tertiary/aromatic N) is 1. The summed E-state index contributed by atoms with van der Waals surface area (Å²) in [4.78, 5) is 10.3. The number of rotatable bonds is 5. The van der Waals surface area contributed by atoms with Gasteiger partial charge in [0.05, 0.1) is 15.9 Å². The highest BCUT2D eigenvalue weighted by atomic mass is 32.2. The zero-order chi connectivity index (χ0) is 15.6. The summed E-state index contributed by atoms with van der Waals surface area (Å²) >= 11 is 0. The molecule has 1 fully saturated rings. The average Bonchev–Trinajstić information content (AvgIpc) is 2.92. The second kappa shape index (κ2) is 6.08. The Hall–Kier alpha value is -1.51. The van der Waals surface area contributed by atoms with Gasteiger partial charge in [0.1, 0.15) is 0 Å². The lowest BCUT2D eigenvalue weighted by molar-refractivity contribution is -0.385. The molecule has 0 spiro atoms. The summed E-state index contributed by atoms with van der Waals surface area (Å²) in [6.45, 7) is 4.08. The molecule has 0 amide bonds. The molecule has 0 unspecified atom stereocenters. The molecule has 0 aliphatic carbocycles. The van der Waals surface area contributed by atoms with Crippen molar-refractivity contribution in [1.82, 2.24) is 4.72 Å². The quantitative estimate of drug-likeness (QED) is 0.658. The van der Waals surface area contributed by atoms with Gasteiger partial charge in [-0.3, -0.25) is 10.1 Å². The highest BCUT2D eigenvalue weighted by Gasteiger charge is 2.23. The first kappa shape index (κ1) is 15.9. The van der Waals surface area contributed by atoms with E-state index in [9.17, 15) is 18.5 Å². The van der Waals surface area contributed by atoms with E-state index in [1.54, 1.807) is 13.8 Å². The summed E-state index contributed by atoms with van der Waals surface area (Å²) < 4.78 is 32.3. The number of hydrogen-bond acceptors (Lipinski definition) is 5. The minimum atomic E-state index is -3.78. The number of aryl methyl sites for hydroxylation is 1. The Morgan fingerprint density at radius 2 is 2.14 bits per heavy atom. The van der Waals surface area contributed by atoms with Crippen LogP contribution in [0.25, 0.3) is 0 Å². The maximum Gasteiger partial charge on any atom is 0.273 e. The van der Waals surface area contributed by atoms with Gasteiger partial charge in [-0.15, -0.1) is 0 Å². The molecular weight excluding hydrogens is 296 g/mol. The van der Waals surface area contributed by atoms with Crippen molar-refractivity contribution in [1.29, 1.82) is 0 Å². The van der Waals surface area contributed by atoms with Gasteiger partial charge in [0, 0.05) is 24.8 Å². The maximum absolute atomic E-state index is 12.2. The molecule has 1 heterocycles. The fourth-order valence-electron chi connectivity index (χ4n) is 2.24. The van der Waals surface area contributed by atoms with Gasteiger partial charge < -0.3 is 4.74 Å². The topological polar surface area (TPSA) is 98.5 Å². The van der Waals surface area contributed by atoms with Crippen molar-refractivity contribution in [3.63, 3.8) is 0 Å². The second-order valence-electron chi connectivity index (χ2n) is 5.13. The van der Waals surface area contributed by atoms with E-state index in [2.05, 4.69) is 4.72 Å². The van der Waals surface area contributed by atoms with Crippen LogP contribution in [0.1, 0.15) is 24.0 Å². The van der Waals surface area contributed by atoms with Crippen LogP contribution in [0.3, 0.4) is 0 Å². The van der Waals surface area contributed by atoms with Crippen molar-refractivity contribution < 1.29 is 18.1 Å². The molecule has 1 N–H and O–H groups in total. The van der Waals surface area contributed by atoms with Crippen molar-refractivity contribution >= 4 is 15.7 Å². The van der Waals surface area contributed by atoms with Crippen LogP contribution in [0.4, 0.5) is 5.69 Å². The van der Waals surface area contributed by atoms with E-state index < -0.39 is 14.9 Å². The standard InChI is InChI=1S/C13H18N2O5S/c1-9-6-12(7-13(10(9)2)15(16)17)21(18,19)14-8-11-4-3-5-20-11/h6-7,11,14H,3-5,8H2,1-2H3/t11-/m0/s1. The van der Waals surface area contributed by atoms with E-state index in [4.69, 9.17) is 4.74 Å². The minimum Gasteiger partial charge on any atom is -0.377 e. The lowest BCUT2D eigenvalue weighted by atomic mass is 10.1. The zero-order valence-electron chi connectivity index (χ0n) is 12.0. The van der Waals surface area contributed by atoms with Gasteiger partial charge in [-0.25, -0.2) is 13.1 Å². The summed E-state index contributed by atoms with van der Waals surface area (Å²) in [7, 11) is -3.78. The van der Waals surface area contributed by atoms with E-state index in [1.807, 2.05) is 0 Å². The maximum atomic E-state index is 12.2. The Morgan fingerprint density at radius 3 is 2.71 bits per heavy atom. The average molecular weight is 314 g/mol. The summed E-state index contributed by atoms with van der Waals surface area (Å²) in [5.74, 6) is 0. The van der Waals surface area contributed by atoms with Crippen LogP contribution < -0.4 is 4.72 Å². The van der Waals surface area contributed by atoms with Gasteiger partial charge in [0.25, 0.3) is 5.69 Å². The van der Waals surface area contributed by atoms with E-state index in [-0.39, 0.29) is 23.2 Å². The molecule has 0 radical (unpaired) electrons. The first-order chi connectivity index (χ1) is 9.81. The molecule has 1 aromatic rings. The zero-order valence-corrected chi connectivity index (χ0v) is 12.8. The van der Waals surface area contributed by atoms with Crippen LogP contribution in [0, 0.1) is 24.0 Å². The fourth-order valence-corrected chi connectivity index (χ4v) is 3.42. The number of ether oxygens (including phenoxy) is 1. The van der Waals surface area contributed by atoms with Crippen molar-refractivity contribution in [2.24, 2.45) is 0 Å². The van der Waals surface area contributed by atoms with Gasteiger partial charge in [0.2, 0.25) is 10.0 Å². The van der Waals surface area contributed by atoms with Crippen molar-refractivity contribution in [2.75, 3.05) is 13.2 Å². The molecule has 0 aromatic heterocycles. The SMILES string of the molecule is Cc1cc(S(=O)(=O)NC[C@@H]2CCCO2)cc([N+](=O)[O-])c1C. The minimum absolute atomic E-state index is 0.0877. The van der Waals surface area contributed by atoms with Gasteiger partial charge in [-0.05, 0) is 38.3 Å². The highest BCUT2D eigenvalue weighted by molar-refractivity contribution is 7.89. The highest BCUT2D eigenvalue weighted by Crippen LogP contribution is 2.25. The van der Waals surface area contributed by atoms with Crippen LogP contribution in [0.5, 0.6) is 0 Å². The largest absolute Gasteiger partial charge is 0.377 e. The van der Waals surface area contributed by atoms with Gasteiger partial charge in [-0.1, -0.05) is 0 Å². The van der Waals surface area contributed by atoms with E-state index in [1.165, 1.54) is 6.07 Å². The third-order valence-corrected chi connectivity index (χ3v) is 5.05. The molecule has 1 atom stereocenters. The van der Waals surface area contributed by atoms with Crippen LogP contribution in [-0.4, -0.2) is 32.6 Å². The monoisotopic (exact) mass is 314 g/mol. The van der Waals surface area contributed by atoms with E-state index in [0.717, 1.165) is 18.9 Å². The predicted octanol–water partition coefficient (Wildman–Crippen LogP) is 1.67. The molecule has 116 valence electrons. The molecule has 1 saturated heterocycles. The predicted molar refractivity (Wildman–Crippen MR) is 76.7 cm³/mol. The first-order valence-corrected chi connectivity index (χ1v) is 8.16. The van der Waals surface area contributed by atoms with Crippen molar-refractivity contribution in [2.45, 2.75) is 37.7 Å². The molecule has 7 nitrogen and oxygen atoms in total. The molecule has 2 rings (SSSR count). The van der Waals surface area contributed by atoms with Crippen molar-refractivity contribution in [3.8, 4) is 0 Å². The molecular formula is C13H18N2O5S. The molecule has 1 aliphatic heterocycles. The summed E-state index contributed by atoms with van der Waals surface area (Å²) in [5.41, 5.74) is 0.854. The molecule has 21 heavy (non-hydrogen) atoms. The van der Waals surface area contributed by atoms with Gasteiger partial charge >= 0.3 is 0 Å². The summed E-state index contributed by atoms with van der Waals surface area (Å²) in [6, 6.07) is 2.54. The van der Waals surface area contributed by atoms with Crippen LogP contribution in [0.2, 0.25) is 0 Å². The molecule has 1 aromatic carbocycles. The Labute approximate surface area is 123 Å². The molecule has 0 saturated carbocycles. The number of sulfonamides is 1. The Bertz CT molecular complexity index is 651. The summed E-state index contributed by atoms with van der Waals surface area (Å²) in [6.07, 6.45) is 1.61. The van der Waals surface area contributed by atoms with E-state index in [0.29, 0.717) is 17.7 Å². The Kier molecular flexibility index (Phi) is 4.60. The smallest absolute Gasteiger partial charge is 0.273 e. The van der Waals surface area contributed by atoms with Gasteiger partial charge in [-0.2, -0.15) is 0 Å². The Morgan fingerprint density at radius 1 is 1.43 bits per heavy atom. The third-order valence-electron chi connectivity index (χ3n) is 3.65. The van der Waals surface area contributed by atoms with Crippen LogP contribution >= 0.6 is 0 Å². The number of benzene rings is 1. The van der Waals surface area contributed by atoms with Crippen LogP contribution in [-0.2, 0) is 14.8 Å². The van der Waals surface area contributed by atoms with Crippen LogP contribution in [0.15, 0.2) is 17.0 Å². The molecule has 1 aliphatic rings. The molecule has 0 bridgehead atoms. The third kappa shape index (κ3) is 3.58. The number of nitro groups is 1. The van der Waals surface area contributed by atoms with Crippen molar-refractivity contribution in [3.05, 3.63) is 33.4 Å². The van der Waals surface area contributed by atoms with Gasteiger partial charge in [0.15, 0.2) is 0 Å². The lowest BCUT2D eigenvalue weighted by Crippen LogP contribution is -2.31. The van der Waals surface area contributed by atoms with E-state index >= 15 is 0 Å². The molecule has 8 heteroatoms. The number of nitrogens with one attached hydrogen (secondary N) is 1. The Balaban J connectivity index is 2.24.